The topological polar surface area (TPSA) is 49.9 Å². The molecule has 1 unspecified atom stereocenters. The first-order valence-corrected chi connectivity index (χ1v) is 8.74. The molecule has 3 heterocycles. The summed E-state index contributed by atoms with van der Waals surface area (Å²) in [5, 5.41) is 0. The number of likely N-dealkylation sites (tertiary alicyclic amines) is 2. The largest absolute Gasteiger partial charge is 0.457 e. The van der Waals surface area contributed by atoms with Crippen molar-refractivity contribution in [3.8, 4) is 0 Å². The molecule has 0 saturated carbocycles. The van der Waals surface area contributed by atoms with E-state index in [-0.39, 0.29) is 23.4 Å². The van der Waals surface area contributed by atoms with Crippen molar-refractivity contribution in [1.29, 1.82) is 0 Å². The fourth-order valence-corrected chi connectivity index (χ4v) is 4.17. The van der Waals surface area contributed by atoms with Gasteiger partial charge in [0.1, 0.15) is 5.60 Å². The lowest BCUT2D eigenvalue weighted by Gasteiger charge is -2.42. The number of carbonyl (C=O) groups excluding carboxylic acids is 2. The van der Waals surface area contributed by atoms with E-state index in [9.17, 15) is 9.59 Å². The van der Waals surface area contributed by atoms with Crippen LogP contribution in [-0.2, 0) is 14.3 Å². The fourth-order valence-electron chi connectivity index (χ4n) is 4.17. The zero-order valence-corrected chi connectivity index (χ0v) is 13.8. The number of rotatable bonds is 2. The lowest BCUT2D eigenvalue weighted by atomic mass is 9.88. The van der Waals surface area contributed by atoms with Crippen LogP contribution >= 0.6 is 0 Å². The second-order valence-corrected chi connectivity index (χ2v) is 7.42. The molecule has 22 heavy (non-hydrogen) atoms. The lowest BCUT2D eigenvalue weighted by molar-refractivity contribution is -0.158. The highest BCUT2D eigenvalue weighted by Crippen LogP contribution is 2.36. The summed E-state index contributed by atoms with van der Waals surface area (Å²) in [6.07, 6.45) is 5.06. The Morgan fingerprint density at radius 1 is 1.23 bits per heavy atom. The summed E-state index contributed by atoms with van der Waals surface area (Å²) < 4.78 is 5.56. The van der Waals surface area contributed by atoms with Crippen molar-refractivity contribution < 1.29 is 14.3 Å². The van der Waals surface area contributed by atoms with Gasteiger partial charge in [0, 0.05) is 24.9 Å². The number of nitrogens with zero attached hydrogens (tertiary/aromatic N) is 2. The van der Waals surface area contributed by atoms with Gasteiger partial charge in [0.05, 0.1) is 6.54 Å². The van der Waals surface area contributed by atoms with E-state index in [1.807, 2.05) is 4.90 Å². The van der Waals surface area contributed by atoms with E-state index in [1.54, 1.807) is 0 Å². The third-order valence-electron chi connectivity index (χ3n) is 5.58. The number of hydrogen-bond acceptors (Lipinski definition) is 4. The minimum absolute atomic E-state index is 0.0976. The van der Waals surface area contributed by atoms with Gasteiger partial charge in [0.15, 0.2) is 0 Å². The maximum absolute atomic E-state index is 12.8. The van der Waals surface area contributed by atoms with Crippen LogP contribution in [0.1, 0.15) is 52.4 Å². The van der Waals surface area contributed by atoms with Gasteiger partial charge in [-0.1, -0.05) is 0 Å². The maximum Gasteiger partial charge on any atom is 0.306 e. The Morgan fingerprint density at radius 2 is 1.95 bits per heavy atom. The molecule has 0 aromatic carbocycles. The second kappa shape index (κ2) is 6.19. The molecule has 124 valence electrons. The van der Waals surface area contributed by atoms with Crippen LogP contribution in [0.2, 0.25) is 0 Å². The van der Waals surface area contributed by atoms with E-state index in [0.29, 0.717) is 19.0 Å². The van der Waals surface area contributed by atoms with Crippen LogP contribution in [-0.4, -0.2) is 59.5 Å². The average molecular weight is 308 g/mol. The molecule has 5 heteroatoms. The van der Waals surface area contributed by atoms with Gasteiger partial charge in [-0.2, -0.15) is 0 Å². The van der Waals surface area contributed by atoms with Gasteiger partial charge in [-0.05, 0) is 59.0 Å². The average Bonchev–Trinajstić information content (AvgIpc) is 2.87. The highest BCUT2D eigenvalue weighted by atomic mass is 16.6. The molecule has 0 bridgehead atoms. The predicted octanol–water partition coefficient (Wildman–Crippen LogP) is 1.80. The monoisotopic (exact) mass is 308 g/mol. The van der Waals surface area contributed by atoms with Crippen molar-refractivity contribution in [2.75, 3.05) is 26.2 Å². The van der Waals surface area contributed by atoms with E-state index >= 15 is 0 Å². The van der Waals surface area contributed by atoms with E-state index in [1.165, 1.54) is 0 Å². The number of carbonyl (C=O) groups is 2. The van der Waals surface area contributed by atoms with Crippen molar-refractivity contribution in [3.63, 3.8) is 0 Å². The standard InChI is InChI=1S/C17H28N2O3/c1-13(2)18-10-5-14(6-11-18)16(21)19-9-3-7-17(12-19)8-4-15(20)22-17/h13-14H,3-12H2,1-2H3. The third kappa shape index (κ3) is 3.14. The zero-order chi connectivity index (χ0) is 15.7. The molecule has 1 atom stereocenters. The minimum Gasteiger partial charge on any atom is -0.457 e. The molecule has 0 N–H and O–H groups in total. The van der Waals surface area contributed by atoms with Crippen LogP contribution in [0.3, 0.4) is 0 Å². The summed E-state index contributed by atoms with van der Waals surface area (Å²) in [4.78, 5) is 28.7. The van der Waals surface area contributed by atoms with E-state index in [0.717, 1.165) is 51.7 Å². The summed E-state index contributed by atoms with van der Waals surface area (Å²) in [5.74, 6) is 0.340. The SMILES string of the molecule is CC(C)N1CCC(C(=O)N2CCCC3(CCC(=O)O3)C2)CC1. The lowest BCUT2D eigenvalue weighted by Crippen LogP contribution is -2.53. The van der Waals surface area contributed by atoms with Crippen LogP contribution < -0.4 is 0 Å². The predicted molar refractivity (Wildman–Crippen MR) is 83.3 cm³/mol. The number of esters is 1. The van der Waals surface area contributed by atoms with Gasteiger partial charge in [0.25, 0.3) is 0 Å². The van der Waals surface area contributed by atoms with Crippen molar-refractivity contribution >= 4 is 11.9 Å². The maximum atomic E-state index is 12.8. The Balaban J connectivity index is 1.57. The Kier molecular flexibility index (Phi) is 4.44. The Morgan fingerprint density at radius 3 is 2.55 bits per heavy atom. The summed E-state index contributed by atoms with van der Waals surface area (Å²) >= 11 is 0. The quantitative estimate of drug-likeness (QED) is 0.730. The van der Waals surface area contributed by atoms with Crippen molar-refractivity contribution in [3.05, 3.63) is 0 Å². The Bertz CT molecular complexity index is 443. The molecular weight excluding hydrogens is 280 g/mol. The molecule has 3 aliphatic heterocycles. The first-order chi connectivity index (χ1) is 10.5. The van der Waals surface area contributed by atoms with Crippen molar-refractivity contribution in [2.45, 2.75) is 64.0 Å². The fraction of sp³-hybridized carbons (Fsp3) is 0.882. The van der Waals surface area contributed by atoms with E-state index < -0.39 is 0 Å². The number of hydrogen-bond donors (Lipinski definition) is 0. The molecule has 0 radical (unpaired) electrons. The molecule has 3 fully saturated rings. The molecule has 0 aromatic heterocycles. The van der Waals surface area contributed by atoms with Crippen LogP contribution in [0, 0.1) is 5.92 Å². The van der Waals surface area contributed by atoms with Crippen LogP contribution in [0.15, 0.2) is 0 Å². The number of ether oxygens (including phenoxy) is 1. The second-order valence-electron chi connectivity index (χ2n) is 7.42. The van der Waals surface area contributed by atoms with E-state index in [2.05, 4.69) is 18.7 Å². The summed E-state index contributed by atoms with van der Waals surface area (Å²) in [5.41, 5.74) is -0.371. The van der Waals surface area contributed by atoms with Gasteiger partial charge in [0.2, 0.25) is 5.91 Å². The summed E-state index contributed by atoms with van der Waals surface area (Å²) in [6.45, 7) is 7.89. The third-order valence-corrected chi connectivity index (χ3v) is 5.58. The molecule has 3 rings (SSSR count). The van der Waals surface area contributed by atoms with Crippen LogP contribution in [0.4, 0.5) is 0 Å². The summed E-state index contributed by atoms with van der Waals surface area (Å²) in [7, 11) is 0. The van der Waals surface area contributed by atoms with Gasteiger partial charge in [-0.25, -0.2) is 0 Å². The highest BCUT2D eigenvalue weighted by molar-refractivity contribution is 5.79. The van der Waals surface area contributed by atoms with Gasteiger partial charge in [-0.3, -0.25) is 9.59 Å². The molecular formula is C17H28N2O3. The van der Waals surface area contributed by atoms with Crippen LogP contribution in [0.25, 0.3) is 0 Å². The molecule has 0 aromatic rings. The molecule has 1 amide bonds. The van der Waals surface area contributed by atoms with Gasteiger partial charge < -0.3 is 14.5 Å². The smallest absolute Gasteiger partial charge is 0.306 e. The van der Waals surface area contributed by atoms with Crippen LogP contribution in [0.5, 0.6) is 0 Å². The molecule has 5 nitrogen and oxygen atoms in total. The zero-order valence-electron chi connectivity index (χ0n) is 13.8. The molecule has 0 aliphatic carbocycles. The number of amides is 1. The number of piperidine rings is 2. The summed E-state index contributed by atoms with van der Waals surface area (Å²) in [6, 6.07) is 0.562. The first kappa shape index (κ1) is 15.8. The normalized spacial score (nSPS) is 31.0. The molecule has 3 aliphatic rings. The molecule has 1 spiro atoms. The molecule has 3 saturated heterocycles. The Hall–Kier alpha value is -1.10. The minimum atomic E-state index is -0.371. The first-order valence-electron chi connectivity index (χ1n) is 8.74. The highest BCUT2D eigenvalue weighted by Gasteiger charge is 2.45. The Labute approximate surface area is 133 Å². The van der Waals surface area contributed by atoms with Crippen molar-refractivity contribution in [1.82, 2.24) is 9.80 Å². The van der Waals surface area contributed by atoms with E-state index in [4.69, 9.17) is 4.74 Å². The van der Waals surface area contributed by atoms with Crippen molar-refractivity contribution in [2.24, 2.45) is 5.92 Å². The van der Waals surface area contributed by atoms with Gasteiger partial charge in [-0.15, -0.1) is 0 Å². The van der Waals surface area contributed by atoms with Gasteiger partial charge >= 0.3 is 5.97 Å².